The van der Waals surface area contributed by atoms with Crippen molar-refractivity contribution in [2.75, 3.05) is 25.0 Å². The number of aliphatic hydroxyl groups excluding tert-OH is 1. The van der Waals surface area contributed by atoms with E-state index >= 15 is 0 Å². The van der Waals surface area contributed by atoms with Crippen molar-refractivity contribution in [3.8, 4) is 21.8 Å². The van der Waals surface area contributed by atoms with Gasteiger partial charge in [0.1, 0.15) is 11.2 Å². The van der Waals surface area contributed by atoms with Gasteiger partial charge < -0.3 is 15.5 Å². The van der Waals surface area contributed by atoms with E-state index in [1.807, 2.05) is 47.4 Å². The number of likely N-dealkylation sites (tertiary alicyclic amines) is 1. The number of carboxylic acids is 1. The van der Waals surface area contributed by atoms with E-state index in [0.29, 0.717) is 19.5 Å². The van der Waals surface area contributed by atoms with Crippen LogP contribution in [0, 0.1) is 5.92 Å². The Hall–Kier alpha value is -2.74. The molecule has 1 saturated heterocycles. The van der Waals surface area contributed by atoms with Gasteiger partial charge in [-0.2, -0.15) is 0 Å². The van der Waals surface area contributed by atoms with E-state index in [9.17, 15) is 15.0 Å². The van der Waals surface area contributed by atoms with Crippen molar-refractivity contribution in [2.24, 2.45) is 5.92 Å². The number of hydrogen-bond acceptors (Lipinski definition) is 6. The molecule has 30 heavy (non-hydrogen) atoms. The van der Waals surface area contributed by atoms with Gasteiger partial charge in [-0.3, -0.25) is 9.69 Å². The lowest BCUT2D eigenvalue weighted by Crippen LogP contribution is -2.44. The van der Waals surface area contributed by atoms with Gasteiger partial charge in [0.25, 0.3) is 0 Å². The molecule has 4 rings (SSSR count). The number of aliphatic hydroxyl groups is 1. The average Bonchev–Trinajstić information content (AvgIpc) is 3.25. The number of aromatic nitrogens is 1. The molecule has 6 nitrogen and oxygen atoms in total. The van der Waals surface area contributed by atoms with Crippen LogP contribution in [-0.4, -0.2) is 51.9 Å². The van der Waals surface area contributed by atoms with Crippen molar-refractivity contribution in [2.45, 2.75) is 19.1 Å². The molecule has 2 unspecified atom stereocenters. The Morgan fingerprint density at radius 1 is 1.17 bits per heavy atom. The molecule has 7 heteroatoms. The van der Waals surface area contributed by atoms with Gasteiger partial charge in [0.2, 0.25) is 0 Å². The van der Waals surface area contributed by atoms with Gasteiger partial charge >= 0.3 is 5.97 Å². The highest BCUT2D eigenvalue weighted by molar-refractivity contribution is 7.13. The second-order valence-electron chi connectivity index (χ2n) is 7.58. The minimum atomic E-state index is -0.757. The van der Waals surface area contributed by atoms with E-state index in [0.717, 1.165) is 40.5 Å². The number of β-amino-alcohol motifs (C(OH)–C–C–N with tert-alkyl or cyclic N) is 1. The summed E-state index contributed by atoms with van der Waals surface area (Å²) < 4.78 is 0. The first-order valence-electron chi connectivity index (χ1n) is 10.1. The summed E-state index contributed by atoms with van der Waals surface area (Å²) in [6, 6.07) is 17.9. The van der Waals surface area contributed by atoms with E-state index in [4.69, 9.17) is 4.98 Å². The lowest BCUT2D eigenvalue weighted by molar-refractivity contribution is -0.143. The van der Waals surface area contributed by atoms with Crippen LogP contribution < -0.4 is 5.32 Å². The van der Waals surface area contributed by atoms with Crippen molar-refractivity contribution in [3.63, 3.8) is 0 Å². The third-order valence-corrected chi connectivity index (χ3v) is 6.22. The van der Waals surface area contributed by atoms with Gasteiger partial charge in [-0.15, -0.1) is 11.3 Å². The normalized spacial score (nSPS) is 18.1. The Bertz CT molecular complexity index is 975. The standard InChI is InChI=1S/C23H25N3O3S/c27-21(14-26-12-4-7-18(13-26)23(28)29)24-19-10-8-16(9-11-19)20-15-30-22(25-20)17-5-2-1-3-6-17/h1-3,5-6,8-11,15,18,21,24,27H,4,7,12-14H2,(H,28,29). The predicted octanol–water partition coefficient (Wildman–Crippen LogP) is 4.00. The van der Waals surface area contributed by atoms with Crippen LogP contribution in [0.4, 0.5) is 5.69 Å². The fourth-order valence-electron chi connectivity index (χ4n) is 3.76. The Labute approximate surface area is 179 Å². The van der Waals surface area contributed by atoms with Crippen LogP contribution in [0.2, 0.25) is 0 Å². The third kappa shape index (κ3) is 5.05. The zero-order valence-corrected chi connectivity index (χ0v) is 17.4. The van der Waals surface area contributed by atoms with Crippen LogP contribution >= 0.6 is 11.3 Å². The zero-order chi connectivity index (χ0) is 20.9. The molecule has 1 aliphatic rings. The van der Waals surface area contributed by atoms with Crippen LogP contribution in [0.25, 0.3) is 21.8 Å². The van der Waals surface area contributed by atoms with Crippen LogP contribution in [0.5, 0.6) is 0 Å². The summed E-state index contributed by atoms with van der Waals surface area (Å²) in [6.45, 7) is 1.70. The molecule has 0 saturated carbocycles. The second kappa shape index (κ2) is 9.38. The quantitative estimate of drug-likeness (QED) is 0.498. The first-order chi connectivity index (χ1) is 14.6. The zero-order valence-electron chi connectivity index (χ0n) is 16.6. The summed E-state index contributed by atoms with van der Waals surface area (Å²) in [5.74, 6) is -1.10. The highest BCUT2D eigenvalue weighted by atomic mass is 32.1. The largest absolute Gasteiger partial charge is 0.481 e. The van der Waals surface area contributed by atoms with Crippen LogP contribution in [0.15, 0.2) is 60.0 Å². The summed E-state index contributed by atoms with van der Waals surface area (Å²) in [6.07, 6.45) is 0.795. The van der Waals surface area contributed by atoms with Gasteiger partial charge in [-0.1, -0.05) is 42.5 Å². The van der Waals surface area contributed by atoms with E-state index in [1.165, 1.54) is 0 Å². The Balaban J connectivity index is 1.35. The van der Waals surface area contributed by atoms with Crippen LogP contribution in [0.3, 0.4) is 0 Å². The van der Waals surface area contributed by atoms with Gasteiger partial charge in [0.15, 0.2) is 0 Å². The molecule has 1 aliphatic heterocycles. The van der Waals surface area contributed by atoms with Gasteiger partial charge in [0.05, 0.1) is 11.6 Å². The molecule has 0 bridgehead atoms. The first-order valence-corrected chi connectivity index (χ1v) is 11.0. The number of nitrogens with zero attached hydrogens (tertiary/aromatic N) is 2. The fourth-order valence-corrected chi connectivity index (χ4v) is 4.60. The lowest BCUT2D eigenvalue weighted by Gasteiger charge is -2.32. The number of nitrogens with one attached hydrogen (secondary N) is 1. The Kier molecular flexibility index (Phi) is 6.42. The van der Waals surface area contributed by atoms with Crippen LogP contribution in [0.1, 0.15) is 12.8 Å². The van der Waals surface area contributed by atoms with Crippen molar-refractivity contribution in [1.29, 1.82) is 0 Å². The van der Waals surface area contributed by atoms with Crippen LogP contribution in [-0.2, 0) is 4.79 Å². The lowest BCUT2D eigenvalue weighted by atomic mass is 9.98. The number of carbonyl (C=O) groups is 1. The Morgan fingerprint density at radius 3 is 2.67 bits per heavy atom. The summed E-state index contributed by atoms with van der Waals surface area (Å²) in [5, 5.41) is 25.7. The molecular formula is C23H25N3O3S. The van der Waals surface area contributed by atoms with E-state index < -0.39 is 12.2 Å². The maximum absolute atomic E-state index is 11.2. The monoisotopic (exact) mass is 423 g/mol. The van der Waals surface area contributed by atoms with Crippen molar-refractivity contribution in [1.82, 2.24) is 9.88 Å². The van der Waals surface area contributed by atoms with Gasteiger partial charge in [0, 0.05) is 35.3 Å². The van der Waals surface area contributed by atoms with Crippen molar-refractivity contribution in [3.05, 3.63) is 60.0 Å². The molecule has 2 atom stereocenters. The van der Waals surface area contributed by atoms with E-state index in [-0.39, 0.29) is 5.92 Å². The third-order valence-electron chi connectivity index (χ3n) is 5.32. The highest BCUT2D eigenvalue weighted by Crippen LogP contribution is 2.29. The summed E-state index contributed by atoms with van der Waals surface area (Å²) >= 11 is 1.62. The van der Waals surface area contributed by atoms with E-state index in [2.05, 4.69) is 22.8 Å². The molecule has 3 aromatic rings. The minimum absolute atomic E-state index is 0.343. The Morgan fingerprint density at radius 2 is 1.93 bits per heavy atom. The van der Waals surface area contributed by atoms with Gasteiger partial charge in [-0.25, -0.2) is 4.98 Å². The highest BCUT2D eigenvalue weighted by Gasteiger charge is 2.26. The summed E-state index contributed by atoms with van der Waals surface area (Å²) in [4.78, 5) is 17.9. The molecular weight excluding hydrogens is 398 g/mol. The van der Waals surface area contributed by atoms with Crippen molar-refractivity contribution < 1.29 is 15.0 Å². The average molecular weight is 424 g/mol. The molecule has 0 aliphatic carbocycles. The summed E-state index contributed by atoms with van der Waals surface area (Å²) in [5.41, 5.74) is 3.88. The maximum Gasteiger partial charge on any atom is 0.307 e. The number of piperidine rings is 1. The number of benzene rings is 2. The maximum atomic E-state index is 11.2. The number of carboxylic acid groups (broad SMARTS) is 1. The minimum Gasteiger partial charge on any atom is -0.481 e. The molecule has 1 fully saturated rings. The topological polar surface area (TPSA) is 85.7 Å². The van der Waals surface area contributed by atoms with E-state index in [1.54, 1.807) is 11.3 Å². The molecule has 156 valence electrons. The molecule has 2 heterocycles. The molecule has 3 N–H and O–H groups in total. The molecule has 0 radical (unpaired) electrons. The number of anilines is 1. The SMILES string of the molecule is O=C(O)C1CCCN(CC(O)Nc2ccc(-c3csc(-c4ccccc4)n3)cc2)C1. The number of rotatable bonds is 7. The first kappa shape index (κ1) is 20.5. The number of aliphatic carboxylic acids is 1. The smallest absolute Gasteiger partial charge is 0.307 e. The molecule has 2 aromatic carbocycles. The molecule has 1 aromatic heterocycles. The fraction of sp³-hybridized carbons (Fsp3) is 0.304. The molecule has 0 amide bonds. The number of hydrogen-bond donors (Lipinski definition) is 3. The molecule has 0 spiro atoms. The second-order valence-corrected chi connectivity index (χ2v) is 8.44. The van der Waals surface area contributed by atoms with Crippen molar-refractivity contribution >= 4 is 23.0 Å². The predicted molar refractivity (Wildman–Crippen MR) is 119 cm³/mol. The number of thiazole rings is 1. The van der Waals surface area contributed by atoms with Gasteiger partial charge in [-0.05, 0) is 31.5 Å². The summed E-state index contributed by atoms with van der Waals surface area (Å²) in [7, 11) is 0.